The summed E-state index contributed by atoms with van der Waals surface area (Å²) in [7, 11) is 0. The van der Waals surface area contributed by atoms with Crippen LogP contribution in [0.1, 0.15) is 17.0 Å². The SMILES string of the molecule is Cc1nn(CC(=O)NCc2cn(-c3ccccc3)nc2-c2ccccc2)c(C)c1[N+](=O)[O-]. The molecular weight excluding hydrogens is 408 g/mol. The summed E-state index contributed by atoms with van der Waals surface area (Å²) in [4.78, 5) is 23.3. The van der Waals surface area contributed by atoms with Crippen LogP contribution in [0.3, 0.4) is 0 Å². The molecule has 2 aromatic carbocycles. The van der Waals surface area contributed by atoms with E-state index in [1.54, 1.807) is 18.5 Å². The van der Waals surface area contributed by atoms with Crippen molar-refractivity contribution in [1.82, 2.24) is 24.9 Å². The lowest BCUT2D eigenvalue weighted by Gasteiger charge is -2.07. The lowest BCUT2D eigenvalue weighted by Crippen LogP contribution is -2.28. The number of nitro groups is 1. The number of carbonyl (C=O) groups excluding carboxylic acids is 1. The van der Waals surface area contributed by atoms with E-state index in [1.165, 1.54) is 4.68 Å². The second-order valence-corrected chi connectivity index (χ2v) is 7.36. The molecule has 0 radical (unpaired) electrons. The highest BCUT2D eigenvalue weighted by atomic mass is 16.6. The molecular formula is C23H22N6O3. The fourth-order valence-corrected chi connectivity index (χ4v) is 3.58. The fraction of sp³-hybridized carbons (Fsp3) is 0.174. The number of nitrogens with one attached hydrogen (secondary N) is 1. The van der Waals surface area contributed by atoms with Crippen LogP contribution >= 0.6 is 0 Å². The van der Waals surface area contributed by atoms with Crippen molar-refractivity contribution >= 4 is 11.6 Å². The molecule has 1 N–H and O–H groups in total. The zero-order valence-corrected chi connectivity index (χ0v) is 17.7. The highest BCUT2D eigenvalue weighted by Gasteiger charge is 2.23. The Balaban J connectivity index is 1.55. The summed E-state index contributed by atoms with van der Waals surface area (Å²) in [6.45, 7) is 3.30. The lowest BCUT2D eigenvalue weighted by molar-refractivity contribution is -0.386. The molecule has 0 saturated carbocycles. The zero-order chi connectivity index (χ0) is 22.7. The number of aromatic nitrogens is 4. The number of nitrogens with zero attached hydrogens (tertiary/aromatic N) is 5. The molecule has 0 bridgehead atoms. The first-order chi connectivity index (χ1) is 15.4. The monoisotopic (exact) mass is 430 g/mol. The Morgan fingerprint density at radius 1 is 1.03 bits per heavy atom. The van der Waals surface area contributed by atoms with Gasteiger partial charge in [0.05, 0.1) is 16.3 Å². The van der Waals surface area contributed by atoms with Crippen LogP contribution < -0.4 is 5.32 Å². The number of benzene rings is 2. The molecule has 0 saturated heterocycles. The molecule has 0 spiro atoms. The first kappa shape index (κ1) is 21.0. The van der Waals surface area contributed by atoms with E-state index >= 15 is 0 Å². The Morgan fingerprint density at radius 2 is 1.69 bits per heavy atom. The summed E-state index contributed by atoms with van der Waals surface area (Å²) in [6, 6.07) is 19.5. The smallest absolute Gasteiger partial charge is 0.312 e. The van der Waals surface area contributed by atoms with E-state index in [4.69, 9.17) is 5.10 Å². The number of rotatable bonds is 7. The predicted octanol–water partition coefficient (Wildman–Crippen LogP) is 3.58. The van der Waals surface area contributed by atoms with Gasteiger partial charge in [-0.2, -0.15) is 10.2 Å². The van der Waals surface area contributed by atoms with Gasteiger partial charge in [-0.05, 0) is 26.0 Å². The molecule has 0 unspecified atom stereocenters. The number of carbonyl (C=O) groups is 1. The molecule has 9 nitrogen and oxygen atoms in total. The van der Waals surface area contributed by atoms with Crippen LogP contribution in [0.15, 0.2) is 66.9 Å². The first-order valence-electron chi connectivity index (χ1n) is 10.1. The molecule has 32 heavy (non-hydrogen) atoms. The van der Waals surface area contributed by atoms with Crippen LogP contribution in [0.2, 0.25) is 0 Å². The fourth-order valence-electron chi connectivity index (χ4n) is 3.58. The lowest BCUT2D eigenvalue weighted by atomic mass is 10.1. The van der Waals surface area contributed by atoms with Crippen LogP contribution in [0.5, 0.6) is 0 Å². The predicted molar refractivity (Wildman–Crippen MR) is 119 cm³/mol. The maximum absolute atomic E-state index is 12.6. The van der Waals surface area contributed by atoms with Crippen molar-refractivity contribution in [1.29, 1.82) is 0 Å². The summed E-state index contributed by atoms with van der Waals surface area (Å²) >= 11 is 0. The van der Waals surface area contributed by atoms with Gasteiger partial charge in [0, 0.05) is 23.9 Å². The Hall–Kier alpha value is -4.27. The van der Waals surface area contributed by atoms with Gasteiger partial charge in [0.2, 0.25) is 5.91 Å². The molecule has 4 rings (SSSR count). The molecule has 0 atom stereocenters. The van der Waals surface area contributed by atoms with Gasteiger partial charge in [0.1, 0.15) is 17.9 Å². The van der Waals surface area contributed by atoms with E-state index in [-0.39, 0.29) is 30.4 Å². The van der Waals surface area contributed by atoms with Gasteiger partial charge in [-0.1, -0.05) is 48.5 Å². The van der Waals surface area contributed by atoms with Crippen molar-refractivity contribution in [3.8, 4) is 16.9 Å². The van der Waals surface area contributed by atoms with Crippen molar-refractivity contribution < 1.29 is 9.72 Å². The standard InChI is InChI=1S/C23H22N6O3/c1-16-23(29(31)32)17(2)27(25-16)15-21(30)24-13-19-14-28(20-11-7-4-8-12-20)26-22(19)18-9-5-3-6-10-18/h3-12,14H,13,15H2,1-2H3,(H,24,30). The molecule has 4 aromatic rings. The van der Waals surface area contributed by atoms with Crippen molar-refractivity contribution in [2.45, 2.75) is 26.9 Å². The Kier molecular flexibility index (Phi) is 5.80. The van der Waals surface area contributed by atoms with E-state index in [0.717, 1.165) is 22.5 Å². The largest absolute Gasteiger partial charge is 0.350 e. The minimum absolute atomic E-state index is 0.0618. The van der Waals surface area contributed by atoms with Gasteiger partial charge in [0.25, 0.3) is 0 Å². The van der Waals surface area contributed by atoms with Crippen LogP contribution in [0.25, 0.3) is 16.9 Å². The Bertz CT molecular complexity index is 1260. The number of hydrogen-bond acceptors (Lipinski definition) is 5. The summed E-state index contributed by atoms with van der Waals surface area (Å²) in [5.74, 6) is -0.294. The summed E-state index contributed by atoms with van der Waals surface area (Å²) < 4.78 is 3.14. The summed E-state index contributed by atoms with van der Waals surface area (Å²) in [6.07, 6.45) is 1.89. The van der Waals surface area contributed by atoms with E-state index in [0.29, 0.717) is 5.69 Å². The summed E-state index contributed by atoms with van der Waals surface area (Å²) in [5.41, 5.74) is 4.07. The summed E-state index contributed by atoms with van der Waals surface area (Å²) in [5, 5.41) is 22.9. The second-order valence-electron chi connectivity index (χ2n) is 7.36. The molecule has 2 aromatic heterocycles. The topological polar surface area (TPSA) is 108 Å². The number of para-hydroxylation sites is 1. The van der Waals surface area contributed by atoms with Crippen molar-refractivity contribution in [3.05, 3.63) is 93.9 Å². The van der Waals surface area contributed by atoms with Gasteiger partial charge in [-0.15, -0.1) is 0 Å². The maximum Gasteiger partial charge on any atom is 0.312 e. The van der Waals surface area contributed by atoms with Gasteiger partial charge >= 0.3 is 5.69 Å². The van der Waals surface area contributed by atoms with Gasteiger partial charge in [0.15, 0.2) is 0 Å². The molecule has 1 amide bonds. The molecule has 2 heterocycles. The quantitative estimate of drug-likeness (QED) is 0.356. The highest BCUT2D eigenvalue weighted by Crippen LogP contribution is 2.24. The van der Waals surface area contributed by atoms with E-state index in [9.17, 15) is 14.9 Å². The first-order valence-corrected chi connectivity index (χ1v) is 10.1. The molecule has 0 fully saturated rings. The Labute approximate surface area is 184 Å². The molecule has 0 aliphatic carbocycles. The third-order valence-corrected chi connectivity index (χ3v) is 5.15. The Morgan fingerprint density at radius 3 is 2.31 bits per heavy atom. The normalized spacial score (nSPS) is 10.8. The average Bonchev–Trinajstić information content (AvgIpc) is 3.34. The average molecular weight is 430 g/mol. The van der Waals surface area contributed by atoms with Crippen LogP contribution in [0, 0.1) is 24.0 Å². The van der Waals surface area contributed by atoms with Crippen LogP contribution in [0.4, 0.5) is 5.69 Å². The van der Waals surface area contributed by atoms with Gasteiger partial charge in [-0.3, -0.25) is 19.6 Å². The minimum atomic E-state index is -0.476. The van der Waals surface area contributed by atoms with Crippen molar-refractivity contribution in [2.24, 2.45) is 0 Å². The van der Waals surface area contributed by atoms with Crippen LogP contribution in [-0.2, 0) is 17.9 Å². The number of aryl methyl sites for hydroxylation is 1. The minimum Gasteiger partial charge on any atom is -0.350 e. The highest BCUT2D eigenvalue weighted by molar-refractivity contribution is 5.76. The molecule has 9 heteroatoms. The molecule has 0 aliphatic rings. The maximum atomic E-state index is 12.6. The third-order valence-electron chi connectivity index (χ3n) is 5.15. The van der Waals surface area contributed by atoms with Crippen molar-refractivity contribution in [2.75, 3.05) is 0 Å². The van der Waals surface area contributed by atoms with Crippen molar-refractivity contribution in [3.63, 3.8) is 0 Å². The second kappa shape index (κ2) is 8.84. The number of hydrogen-bond donors (Lipinski definition) is 1. The van der Waals surface area contributed by atoms with E-state index in [1.807, 2.05) is 66.9 Å². The third kappa shape index (κ3) is 4.27. The van der Waals surface area contributed by atoms with E-state index < -0.39 is 4.92 Å². The zero-order valence-electron chi connectivity index (χ0n) is 17.7. The van der Waals surface area contributed by atoms with E-state index in [2.05, 4.69) is 10.4 Å². The van der Waals surface area contributed by atoms with Gasteiger partial charge in [-0.25, -0.2) is 4.68 Å². The van der Waals surface area contributed by atoms with Gasteiger partial charge < -0.3 is 5.32 Å². The number of amides is 1. The van der Waals surface area contributed by atoms with Crippen LogP contribution in [-0.4, -0.2) is 30.4 Å². The molecule has 162 valence electrons. The molecule has 0 aliphatic heterocycles.